The molecule has 6 nitrogen and oxygen atoms in total. The van der Waals surface area contributed by atoms with Gasteiger partial charge in [0.2, 0.25) is 0 Å². The lowest BCUT2D eigenvalue weighted by Gasteiger charge is -2.15. The molecule has 2 aromatic carbocycles. The highest BCUT2D eigenvalue weighted by atomic mass is 16.5. The lowest BCUT2D eigenvalue weighted by Crippen LogP contribution is -2.31. The topological polar surface area (TPSA) is 69.3 Å². The summed E-state index contributed by atoms with van der Waals surface area (Å²) in [7, 11) is 1.62. The number of ether oxygens (including phenoxy) is 1. The molecule has 2 aromatic heterocycles. The second-order valence-corrected chi connectivity index (χ2v) is 5.74. The highest BCUT2D eigenvalue weighted by Gasteiger charge is 2.13. The lowest BCUT2D eigenvalue weighted by atomic mass is 10.2. The number of hydrogen-bond donors (Lipinski definition) is 1. The van der Waals surface area contributed by atoms with Crippen LogP contribution in [0.3, 0.4) is 0 Å². The van der Waals surface area contributed by atoms with Crippen molar-refractivity contribution < 1.29 is 9.15 Å². The molecule has 0 unspecified atom stereocenters. The van der Waals surface area contributed by atoms with Gasteiger partial charge in [0.1, 0.15) is 11.5 Å². The number of aromatic nitrogens is 2. The summed E-state index contributed by atoms with van der Waals surface area (Å²) in [6.45, 7) is 0.371. The van der Waals surface area contributed by atoms with Crippen molar-refractivity contribution >= 4 is 10.9 Å². The smallest absolute Gasteiger partial charge is 0.280 e. The summed E-state index contributed by atoms with van der Waals surface area (Å²) in [5.41, 5.74) is 4.42. The SMILES string of the molecule is COc1ccc(-c2nc3ccccc3c(=O)n2NCc2ccco2)cc1. The number of methoxy groups -OCH3 is 1. The lowest BCUT2D eigenvalue weighted by molar-refractivity contribution is 0.415. The molecule has 0 saturated carbocycles. The summed E-state index contributed by atoms with van der Waals surface area (Å²) in [6, 6.07) is 18.4. The molecule has 0 saturated heterocycles. The molecule has 1 N–H and O–H groups in total. The standard InChI is InChI=1S/C20H17N3O3/c1-25-15-10-8-14(9-11-15)19-22-18-7-3-2-6-17(18)20(24)23(19)21-13-16-5-4-12-26-16/h2-12,21H,13H2,1H3. The van der Waals surface area contributed by atoms with Gasteiger partial charge < -0.3 is 14.6 Å². The van der Waals surface area contributed by atoms with Crippen molar-refractivity contribution in [3.05, 3.63) is 83.0 Å². The van der Waals surface area contributed by atoms with Gasteiger partial charge in [0.25, 0.3) is 5.56 Å². The van der Waals surface area contributed by atoms with Crippen molar-refractivity contribution in [2.24, 2.45) is 0 Å². The first kappa shape index (κ1) is 16.0. The summed E-state index contributed by atoms with van der Waals surface area (Å²) in [6.07, 6.45) is 1.60. The number of nitrogens with one attached hydrogen (secondary N) is 1. The minimum Gasteiger partial charge on any atom is -0.497 e. The Hall–Kier alpha value is -3.54. The van der Waals surface area contributed by atoms with Crippen LogP contribution in [0, 0.1) is 0 Å². The predicted molar refractivity (Wildman–Crippen MR) is 99.8 cm³/mol. The first-order chi connectivity index (χ1) is 12.8. The number of nitrogens with zero attached hydrogens (tertiary/aromatic N) is 2. The largest absolute Gasteiger partial charge is 0.497 e. The number of fused-ring (bicyclic) bond motifs is 1. The van der Waals surface area contributed by atoms with Crippen LogP contribution in [-0.2, 0) is 6.54 Å². The van der Waals surface area contributed by atoms with Crippen LogP contribution in [0.4, 0.5) is 0 Å². The quantitative estimate of drug-likeness (QED) is 0.599. The Kier molecular flexibility index (Phi) is 4.15. The molecule has 0 aliphatic heterocycles. The van der Waals surface area contributed by atoms with E-state index in [1.165, 1.54) is 4.68 Å². The highest BCUT2D eigenvalue weighted by Crippen LogP contribution is 2.21. The van der Waals surface area contributed by atoms with Crippen LogP contribution in [0.1, 0.15) is 5.76 Å². The molecule has 4 rings (SSSR count). The molecular formula is C20H17N3O3. The Morgan fingerprint density at radius 2 is 1.88 bits per heavy atom. The molecule has 0 aliphatic carbocycles. The van der Waals surface area contributed by atoms with Gasteiger partial charge in [0.15, 0.2) is 5.82 Å². The molecule has 0 atom stereocenters. The van der Waals surface area contributed by atoms with E-state index in [2.05, 4.69) is 5.43 Å². The molecule has 0 radical (unpaired) electrons. The Morgan fingerprint density at radius 3 is 2.62 bits per heavy atom. The van der Waals surface area contributed by atoms with Crippen LogP contribution < -0.4 is 15.7 Å². The second kappa shape index (κ2) is 6.76. The number of hydrogen-bond acceptors (Lipinski definition) is 5. The molecule has 2 heterocycles. The van der Waals surface area contributed by atoms with Crippen LogP contribution in [0.5, 0.6) is 5.75 Å². The van der Waals surface area contributed by atoms with Gasteiger partial charge in [-0.25, -0.2) is 9.66 Å². The summed E-state index contributed by atoms with van der Waals surface area (Å²) in [4.78, 5) is 17.7. The molecule has 0 amide bonds. The average Bonchev–Trinajstić information content (AvgIpc) is 3.21. The molecule has 4 aromatic rings. The Morgan fingerprint density at radius 1 is 1.08 bits per heavy atom. The normalized spacial score (nSPS) is 10.8. The summed E-state index contributed by atoms with van der Waals surface area (Å²) in [5.74, 6) is 2.00. The minimum atomic E-state index is -0.159. The number of rotatable bonds is 5. The Bertz CT molecular complexity index is 1080. The third kappa shape index (κ3) is 2.93. The van der Waals surface area contributed by atoms with Crippen LogP contribution >= 0.6 is 0 Å². The van der Waals surface area contributed by atoms with Crippen molar-refractivity contribution in [1.29, 1.82) is 0 Å². The van der Waals surface area contributed by atoms with Gasteiger partial charge in [-0.1, -0.05) is 12.1 Å². The fourth-order valence-electron chi connectivity index (χ4n) is 2.78. The zero-order valence-corrected chi connectivity index (χ0v) is 14.2. The molecule has 0 bridgehead atoms. The van der Waals surface area contributed by atoms with Crippen molar-refractivity contribution in [2.45, 2.75) is 6.54 Å². The maximum atomic E-state index is 13.0. The maximum Gasteiger partial charge on any atom is 0.280 e. The van der Waals surface area contributed by atoms with E-state index in [-0.39, 0.29) is 5.56 Å². The van der Waals surface area contributed by atoms with Crippen molar-refractivity contribution in [2.75, 3.05) is 12.5 Å². The fraction of sp³-hybridized carbons (Fsp3) is 0.100. The number of furan rings is 1. The minimum absolute atomic E-state index is 0.159. The van der Waals surface area contributed by atoms with E-state index in [1.807, 2.05) is 54.6 Å². The summed E-state index contributed by atoms with van der Waals surface area (Å²) >= 11 is 0. The molecule has 26 heavy (non-hydrogen) atoms. The van der Waals surface area contributed by atoms with Gasteiger partial charge >= 0.3 is 0 Å². The van der Waals surface area contributed by atoms with Crippen molar-refractivity contribution in [3.63, 3.8) is 0 Å². The van der Waals surface area contributed by atoms with Crippen molar-refractivity contribution in [1.82, 2.24) is 9.66 Å². The number of benzene rings is 2. The molecule has 6 heteroatoms. The molecule has 0 fully saturated rings. The van der Waals surface area contributed by atoms with Crippen LogP contribution in [0.25, 0.3) is 22.3 Å². The third-order valence-corrected chi connectivity index (χ3v) is 4.12. The van der Waals surface area contributed by atoms with Crippen LogP contribution in [0.15, 0.2) is 76.1 Å². The Balaban J connectivity index is 1.85. The van der Waals surface area contributed by atoms with Gasteiger partial charge in [-0.3, -0.25) is 4.79 Å². The Labute approximate surface area is 149 Å². The number of para-hydroxylation sites is 1. The zero-order chi connectivity index (χ0) is 17.9. The zero-order valence-electron chi connectivity index (χ0n) is 14.2. The summed E-state index contributed by atoms with van der Waals surface area (Å²) in [5, 5.41) is 0.553. The predicted octanol–water partition coefficient (Wildman–Crippen LogP) is 3.41. The summed E-state index contributed by atoms with van der Waals surface area (Å²) < 4.78 is 12.0. The third-order valence-electron chi connectivity index (χ3n) is 4.12. The van der Waals surface area contributed by atoms with E-state index < -0.39 is 0 Å². The average molecular weight is 347 g/mol. The first-order valence-electron chi connectivity index (χ1n) is 8.19. The van der Waals surface area contributed by atoms with Gasteiger partial charge in [-0.2, -0.15) is 0 Å². The molecule has 0 aliphatic rings. The fourth-order valence-corrected chi connectivity index (χ4v) is 2.78. The highest BCUT2D eigenvalue weighted by molar-refractivity contribution is 5.79. The second-order valence-electron chi connectivity index (χ2n) is 5.74. The van der Waals surface area contributed by atoms with E-state index in [0.29, 0.717) is 23.3 Å². The molecule has 0 spiro atoms. The molecular weight excluding hydrogens is 330 g/mol. The van der Waals surface area contributed by atoms with Gasteiger partial charge in [-0.15, -0.1) is 0 Å². The van der Waals surface area contributed by atoms with E-state index in [1.54, 1.807) is 19.4 Å². The monoisotopic (exact) mass is 347 g/mol. The van der Waals surface area contributed by atoms with E-state index in [4.69, 9.17) is 14.1 Å². The van der Waals surface area contributed by atoms with Gasteiger partial charge in [0.05, 0.1) is 30.8 Å². The maximum absolute atomic E-state index is 13.0. The van der Waals surface area contributed by atoms with Gasteiger partial charge in [-0.05, 0) is 48.5 Å². The van der Waals surface area contributed by atoms with Crippen molar-refractivity contribution in [3.8, 4) is 17.1 Å². The first-order valence-corrected chi connectivity index (χ1v) is 8.19. The molecule has 130 valence electrons. The van der Waals surface area contributed by atoms with E-state index in [9.17, 15) is 4.79 Å². The van der Waals surface area contributed by atoms with Crippen LogP contribution in [0.2, 0.25) is 0 Å². The van der Waals surface area contributed by atoms with E-state index in [0.717, 1.165) is 17.1 Å². The van der Waals surface area contributed by atoms with E-state index >= 15 is 0 Å². The van der Waals surface area contributed by atoms with Crippen LogP contribution in [-0.4, -0.2) is 16.8 Å². The van der Waals surface area contributed by atoms with Gasteiger partial charge in [0, 0.05) is 5.56 Å².